The van der Waals surface area contributed by atoms with Crippen LogP contribution >= 0.6 is 11.3 Å². The zero-order valence-corrected chi connectivity index (χ0v) is 13.4. The van der Waals surface area contributed by atoms with E-state index < -0.39 is 0 Å². The Morgan fingerprint density at radius 3 is 2.80 bits per heavy atom. The number of carbonyl (C=O) groups excluding carboxylic acids is 1. The summed E-state index contributed by atoms with van der Waals surface area (Å²) in [6.45, 7) is 6.27. The second-order valence-electron chi connectivity index (χ2n) is 7.08. The first-order chi connectivity index (χ1) is 9.56. The van der Waals surface area contributed by atoms with E-state index in [2.05, 4.69) is 36.3 Å². The van der Waals surface area contributed by atoms with Gasteiger partial charge in [0.05, 0.1) is 0 Å². The average molecular weight is 291 g/mol. The Morgan fingerprint density at radius 2 is 2.15 bits per heavy atom. The van der Waals surface area contributed by atoms with E-state index in [4.69, 9.17) is 0 Å². The summed E-state index contributed by atoms with van der Waals surface area (Å²) in [7, 11) is 0. The molecule has 20 heavy (non-hydrogen) atoms. The molecule has 3 heteroatoms. The molecule has 110 valence electrons. The van der Waals surface area contributed by atoms with E-state index in [0.717, 1.165) is 32.0 Å². The molecule has 0 aliphatic heterocycles. The highest BCUT2D eigenvalue weighted by Gasteiger charge is 2.39. The van der Waals surface area contributed by atoms with Crippen LogP contribution < -0.4 is 0 Å². The summed E-state index contributed by atoms with van der Waals surface area (Å²) in [6.07, 6.45) is 6.00. The predicted molar refractivity (Wildman–Crippen MR) is 83.9 cm³/mol. The molecule has 3 rings (SSSR count). The molecule has 0 saturated heterocycles. The molecule has 1 heterocycles. The van der Waals surface area contributed by atoms with E-state index in [1.165, 1.54) is 24.1 Å². The van der Waals surface area contributed by atoms with Crippen molar-refractivity contribution in [2.45, 2.75) is 58.5 Å². The fourth-order valence-corrected chi connectivity index (χ4v) is 4.17. The second-order valence-corrected chi connectivity index (χ2v) is 8.11. The molecule has 0 aromatic carbocycles. The molecule has 1 aromatic rings. The summed E-state index contributed by atoms with van der Waals surface area (Å²) in [5.41, 5.74) is -0.0962. The van der Waals surface area contributed by atoms with Crippen molar-refractivity contribution in [3.63, 3.8) is 0 Å². The maximum absolute atomic E-state index is 12.6. The van der Waals surface area contributed by atoms with Gasteiger partial charge < -0.3 is 0 Å². The highest BCUT2D eigenvalue weighted by atomic mass is 32.1. The molecule has 2 saturated carbocycles. The molecule has 2 nitrogen and oxygen atoms in total. The molecule has 0 spiro atoms. The highest BCUT2D eigenvalue weighted by molar-refractivity contribution is 7.09. The summed E-state index contributed by atoms with van der Waals surface area (Å²) in [4.78, 5) is 16.6. The lowest BCUT2D eigenvalue weighted by atomic mass is 9.71. The molecular formula is C17H25NOS. The number of rotatable bonds is 5. The summed E-state index contributed by atoms with van der Waals surface area (Å²) >= 11 is 1.83. The molecule has 0 radical (unpaired) electrons. The molecule has 1 atom stereocenters. The van der Waals surface area contributed by atoms with Gasteiger partial charge in [0.1, 0.15) is 5.78 Å². The third-order valence-electron chi connectivity index (χ3n) is 4.85. The van der Waals surface area contributed by atoms with Crippen molar-refractivity contribution in [3.8, 4) is 0 Å². The summed E-state index contributed by atoms with van der Waals surface area (Å²) in [6, 6.07) is 5.07. The topological polar surface area (TPSA) is 20.3 Å². The third-order valence-corrected chi connectivity index (χ3v) is 5.71. The summed E-state index contributed by atoms with van der Waals surface area (Å²) < 4.78 is 0. The quantitative estimate of drug-likeness (QED) is 0.814. The zero-order valence-electron chi connectivity index (χ0n) is 12.6. The van der Waals surface area contributed by atoms with Crippen molar-refractivity contribution in [1.29, 1.82) is 0 Å². The van der Waals surface area contributed by atoms with Crippen LogP contribution in [0.2, 0.25) is 0 Å². The van der Waals surface area contributed by atoms with Crippen LogP contribution in [0, 0.1) is 11.3 Å². The number of hydrogen-bond acceptors (Lipinski definition) is 3. The van der Waals surface area contributed by atoms with Crippen molar-refractivity contribution >= 4 is 17.1 Å². The first-order valence-corrected chi connectivity index (χ1v) is 8.75. The monoisotopic (exact) mass is 291 g/mol. The molecule has 2 fully saturated rings. The van der Waals surface area contributed by atoms with Crippen molar-refractivity contribution < 1.29 is 4.79 Å². The largest absolute Gasteiger partial charge is 0.299 e. The van der Waals surface area contributed by atoms with Crippen LogP contribution in [-0.4, -0.2) is 23.3 Å². The number of hydrogen-bond donors (Lipinski definition) is 0. The standard InChI is InChI=1S/C17H25NOS/c1-17(2)9-3-5-13(16(17)19)11-18(14-7-8-14)12-15-6-4-10-20-15/h4,6,10,13-14H,3,5,7-9,11-12H2,1-2H3. The van der Waals surface area contributed by atoms with Crippen LogP contribution in [0.5, 0.6) is 0 Å². The Balaban J connectivity index is 1.65. The minimum Gasteiger partial charge on any atom is -0.299 e. The summed E-state index contributed by atoms with van der Waals surface area (Å²) in [5.74, 6) is 0.764. The molecule has 1 aromatic heterocycles. The van der Waals surface area contributed by atoms with E-state index in [-0.39, 0.29) is 11.3 Å². The molecular weight excluding hydrogens is 266 g/mol. The number of nitrogens with zero attached hydrogens (tertiary/aromatic N) is 1. The van der Waals surface area contributed by atoms with Gasteiger partial charge in [0.25, 0.3) is 0 Å². The molecule has 1 unspecified atom stereocenters. The van der Waals surface area contributed by atoms with E-state index in [0.29, 0.717) is 5.78 Å². The maximum Gasteiger partial charge on any atom is 0.142 e. The van der Waals surface area contributed by atoms with Gasteiger partial charge in [0.15, 0.2) is 0 Å². The lowest BCUT2D eigenvalue weighted by Crippen LogP contribution is -2.42. The molecule has 0 bridgehead atoms. The number of ketones is 1. The number of carbonyl (C=O) groups is 1. The van der Waals surface area contributed by atoms with Gasteiger partial charge in [-0.05, 0) is 37.1 Å². The van der Waals surface area contributed by atoms with Crippen LogP contribution in [-0.2, 0) is 11.3 Å². The van der Waals surface area contributed by atoms with Gasteiger partial charge in [0, 0.05) is 35.3 Å². The van der Waals surface area contributed by atoms with Crippen LogP contribution in [0.3, 0.4) is 0 Å². The number of Topliss-reactive ketones (excluding diaryl/α,β-unsaturated/α-hetero) is 1. The lowest BCUT2D eigenvalue weighted by Gasteiger charge is -2.36. The second kappa shape index (κ2) is 5.61. The van der Waals surface area contributed by atoms with Gasteiger partial charge in [-0.3, -0.25) is 9.69 Å². The van der Waals surface area contributed by atoms with E-state index in [1.54, 1.807) is 0 Å². The Kier molecular flexibility index (Phi) is 4.00. The molecule has 0 amide bonds. The smallest absolute Gasteiger partial charge is 0.142 e. The Bertz CT molecular complexity index is 461. The van der Waals surface area contributed by atoms with Crippen molar-refractivity contribution in [2.24, 2.45) is 11.3 Å². The third kappa shape index (κ3) is 3.15. The first-order valence-electron chi connectivity index (χ1n) is 7.87. The van der Waals surface area contributed by atoms with Gasteiger partial charge in [-0.25, -0.2) is 0 Å². The Labute approximate surface area is 126 Å². The number of thiophene rings is 1. The van der Waals surface area contributed by atoms with Crippen molar-refractivity contribution in [3.05, 3.63) is 22.4 Å². The molecule has 2 aliphatic rings. The first kappa shape index (κ1) is 14.3. The zero-order chi connectivity index (χ0) is 14.2. The maximum atomic E-state index is 12.6. The fraction of sp³-hybridized carbons (Fsp3) is 0.706. The van der Waals surface area contributed by atoms with E-state index in [1.807, 2.05) is 11.3 Å². The van der Waals surface area contributed by atoms with Crippen molar-refractivity contribution in [2.75, 3.05) is 6.54 Å². The lowest BCUT2D eigenvalue weighted by molar-refractivity contribution is -0.135. The predicted octanol–water partition coefficient (Wildman–Crippen LogP) is 4.11. The summed E-state index contributed by atoms with van der Waals surface area (Å²) in [5, 5.41) is 2.15. The molecule has 2 aliphatic carbocycles. The van der Waals surface area contributed by atoms with Gasteiger partial charge in [0.2, 0.25) is 0 Å². The van der Waals surface area contributed by atoms with Gasteiger partial charge in [-0.15, -0.1) is 11.3 Å². The SMILES string of the molecule is CC1(C)CCCC(CN(Cc2cccs2)C2CC2)C1=O. The van der Waals surface area contributed by atoms with Gasteiger partial charge >= 0.3 is 0 Å². The van der Waals surface area contributed by atoms with Crippen LogP contribution in [0.1, 0.15) is 50.8 Å². The Hall–Kier alpha value is -0.670. The van der Waals surface area contributed by atoms with Gasteiger partial charge in [-0.1, -0.05) is 26.3 Å². The molecule has 0 N–H and O–H groups in total. The van der Waals surface area contributed by atoms with Gasteiger partial charge in [-0.2, -0.15) is 0 Å². The van der Waals surface area contributed by atoms with Crippen LogP contribution in [0.25, 0.3) is 0 Å². The minimum absolute atomic E-state index is 0.0962. The fourth-order valence-electron chi connectivity index (χ4n) is 3.44. The Morgan fingerprint density at radius 1 is 1.35 bits per heavy atom. The normalized spacial score (nSPS) is 26.1. The average Bonchev–Trinajstić information content (AvgIpc) is 3.13. The highest BCUT2D eigenvalue weighted by Crippen LogP contribution is 2.38. The van der Waals surface area contributed by atoms with Crippen LogP contribution in [0.15, 0.2) is 17.5 Å². The van der Waals surface area contributed by atoms with E-state index >= 15 is 0 Å². The van der Waals surface area contributed by atoms with Crippen molar-refractivity contribution in [1.82, 2.24) is 4.90 Å². The minimum atomic E-state index is -0.0962. The van der Waals surface area contributed by atoms with Crippen LogP contribution in [0.4, 0.5) is 0 Å². The van der Waals surface area contributed by atoms with E-state index in [9.17, 15) is 4.79 Å².